The minimum Gasteiger partial charge on any atom is -0.465 e. The molecule has 222 valence electrons. The summed E-state index contributed by atoms with van der Waals surface area (Å²) in [5.41, 5.74) is 1.57. The molecule has 9 heteroatoms. The highest BCUT2D eigenvalue weighted by Crippen LogP contribution is 2.69. The van der Waals surface area contributed by atoms with Gasteiger partial charge in [0, 0.05) is 22.5 Å². The number of aliphatic hydroxyl groups excluding tert-OH is 1. The SMILES string of the molecule is C=CCCOC(=O)[C@@H]1[C@@H]2CC(C)C3(S2)C(C(=O)N(CC=C)c2ccc(Cl)cc2)N([C@@H](CO)Cc2ccccc2)C(=O)[C@H]13. The predicted molar refractivity (Wildman–Crippen MR) is 166 cm³/mol. The molecule has 2 aromatic carbocycles. The number of fused-ring (bicyclic) bond motifs is 1. The molecule has 5 rings (SSSR count). The highest BCUT2D eigenvalue weighted by atomic mass is 35.5. The van der Waals surface area contributed by atoms with Crippen LogP contribution in [0.3, 0.4) is 0 Å². The second-order valence-corrected chi connectivity index (χ2v) is 13.3. The summed E-state index contributed by atoms with van der Waals surface area (Å²) in [6.07, 6.45) is 4.92. The molecule has 3 aliphatic rings. The molecule has 7 nitrogen and oxygen atoms in total. The van der Waals surface area contributed by atoms with Crippen LogP contribution in [0.15, 0.2) is 79.9 Å². The number of rotatable bonds is 12. The Hall–Kier alpha value is -3.07. The van der Waals surface area contributed by atoms with Crippen molar-refractivity contribution in [3.05, 3.63) is 90.5 Å². The van der Waals surface area contributed by atoms with E-state index in [1.165, 1.54) is 0 Å². The van der Waals surface area contributed by atoms with Gasteiger partial charge in [0.05, 0.1) is 35.8 Å². The van der Waals surface area contributed by atoms with Gasteiger partial charge < -0.3 is 19.6 Å². The monoisotopic (exact) mass is 608 g/mol. The van der Waals surface area contributed by atoms with E-state index in [0.29, 0.717) is 30.0 Å². The first kappa shape index (κ1) is 30.4. The van der Waals surface area contributed by atoms with Crippen molar-refractivity contribution in [2.75, 3.05) is 24.7 Å². The molecule has 0 saturated carbocycles. The van der Waals surface area contributed by atoms with Gasteiger partial charge in [-0.1, -0.05) is 61.0 Å². The molecule has 3 unspecified atom stereocenters. The van der Waals surface area contributed by atoms with Crippen molar-refractivity contribution < 1.29 is 24.2 Å². The van der Waals surface area contributed by atoms with Crippen LogP contribution in [-0.2, 0) is 25.5 Å². The Morgan fingerprint density at radius 1 is 1.19 bits per heavy atom. The maximum atomic E-state index is 14.8. The van der Waals surface area contributed by atoms with Crippen LogP contribution < -0.4 is 4.90 Å². The number of anilines is 1. The molecule has 3 heterocycles. The normalized spacial score (nSPS) is 28.3. The quantitative estimate of drug-likeness (QED) is 0.209. The molecule has 7 atom stereocenters. The van der Waals surface area contributed by atoms with Gasteiger partial charge in [-0.25, -0.2) is 0 Å². The van der Waals surface area contributed by atoms with E-state index in [1.54, 1.807) is 58.0 Å². The molecule has 3 fully saturated rings. The average Bonchev–Trinajstić information content (AvgIpc) is 3.59. The van der Waals surface area contributed by atoms with Crippen molar-refractivity contribution >= 4 is 46.8 Å². The van der Waals surface area contributed by atoms with Gasteiger partial charge in [0.1, 0.15) is 6.04 Å². The lowest BCUT2D eigenvalue weighted by Crippen LogP contribution is -2.59. The van der Waals surface area contributed by atoms with Crippen LogP contribution in [0.5, 0.6) is 0 Å². The van der Waals surface area contributed by atoms with Gasteiger partial charge in [0.25, 0.3) is 5.91 Å². The lowest BCUT2D eigenvalue weighted by molar-refractivity contribution is -0.154. The summed E-state index contributed by atoms with van der Waals surface area (Å²) in [6.45, 7) is 9.73. The number of aliphatic hydroxyl groups is 1. The number of nitrogens with zero attached hydrogens (tertiary/aromatic N) is 2. The third-order valence-electron chi connectivity index (χ3n) is 8.89. The van der Waals surface area contributed by atoms with Gasteiger partial charge in [-0.2, -0.15) is 0 Å². The molecular formula is C33H37ClN2O5S. The van der Waals surface area contributed by atoms with E-state index in [2.05, 4.69) is 20.1 Å². The van der Waals surface area contributed by atoms with Gasteiger partial charge in [-0.3, -0.25) is 14.4 Å². The number of benzene rings is 2. The second-order valence-electron chi connectivity index (χ2n) is 11.3. The van der Waals surface area contributed by atoms with E-state index < -0.39 is 34.6 Å². The fourth-order valence-electron chi connectivity index (χ4n) is 7.10. The summed E-state index contributed by atoms with van der Waals surface area (Å²) in [5, 5.41) is 11.1. The third kappa shape index (κ3) is 5.18. The average molecular weight is 609 g/mol. The summed E-state index contributed by atoms with van der Waals surface area (Å²) >= 11 is 7.74. The second kappa shape index (κ2) is 12.7. The van der Waals surface area contributed by atoms with Crippen LogP contribution in [0, 0.1) is 17.8 Å². The molecule has 3 aliphatic heterocycles. The van der Waals surface area contributed by atoms with Crippen molar-refractivity contribution in [3.63, 3.8) is 0 Å². The van der Waals surface area contributed by atoms with Gasteiger partial charge in [0.15, 0.2) is 0 Å². The number of likely N-dealkylation sites (tertiary alicyclic amines) is 1. The molecule has 2 aromatic rings. The molecule has 0 radical (unpaired) electrons. The largest absolute Gasteiger partial charge is 0.465 e. The number of thioether (sulfide) groups is 1. The topological polar surface area (TPSA) is 87.2 Å². The number of halogens is 1. The lowest BCUT2D eigenvalue weighted by Gasteiger charge is -2.42. The van der Waals surface area contributed by atoms with E-state index in [9.17, 15) is 19.5 Å². The molecular weight excluding hydrogens is 572 g/mol. The Kier molecular flexibility index (Phi) is 9.16. The molecule has 2 bridgehead atoms. The standard InChI is InChI=1S/C33H37ClN2O5S/c1-4-6-17-41-32(40)27-26-18-21(3)33(42-26)28(27)30(38)36(25(20-37)19-22-10-8-7-9-11-22)29(33)31(39)35(16-5-2)24-14-12-23(34)13-15-24/h4-5,7-15,21,25-29,37H,1-2,6,16-20H2,3H3/t21?,25-,26+,27-,28+,29?,33?/m1/s1. The fourth-order valence-corrected chi connectivity index (χ4v) is 9.61. The van der Waals surface area contributed by atoms with Crippen molar-refractivity contribution in [1.29, 1.82) is 0 Å². The Balaban J connectivity index is 1.60. The zero-order chi connectivity index (χ0) is 30.0. The van der Waals surface area contributed by atoms with Gasteiger partial charge >= 0.3 is 5.97 Å². The predicted octanol–water partition coefficient (Wildman–Crippen LogP) is 4.92. The summed E-state index contributed by atoms with van der Waals surface area (Å²) in [6, 6.07) is 15.0. The zero-order valence-electron chi connectivity index (χ0n) is 23.7. The Bertz CT molecular complexity index is 1340. The summed E-state index contributed by atoms with van der Waals surface area (Å²) in [7, 11) is 0. The Morgan fingerprint density at radius 3 is 2.55 bits per heavy atom. The van der Waals surface area contributed by atoms with Gasteiger partial charge in [-0.15, -0.1) is 24.9 Å². The molecule has 3 saturated heterocycles. The van der Waals surface area contributed by atoms with Crippen molar-refractivity contribution in [3.8, 4) is 0 Å². The maximum absolute atomic E-state index is 14.8. The van der Waals surface area contributed by atoms with Crippen molar-refractivity contribution in [2.45, 2.75) is 48.3 Å². The zero-order valence-corrected chi connectivity index (χ0v) is 25.3. The van der Waals surface area contributed by atoms with E-state index in [1.807, 2.05) is 30.3 Å². The summed E-state index contributed by atoms with van der Waals surface area (Å²) < 4.78 is 4.77. The Labute approximate surface area is 256 Å². The number of hydrogen-bond acceptors (Lipinski definition) is 6. The smallest absolute Gasteiger partial charge is 0.310 e. The number of esters is 1. The van der Waals surface area contributed by atoms with Crippen LogP contribution in [0.1, 0.15) is 25.3 Å². The number of hydrogen-bond donors (Lipinski definition) is 1. The number of carbonyl (C=O) groups is 3. The summed E-state index contributed by atoms with van der Waals surface area (Å²) in [5.74, 6) is -2.36. The number of carbonyl (C=O) groups excluding carboxylic acids is 3. The first-order chi connectivity index (χ1) is 20.3. The van der Waals surface area contributed by atoms with E-state index >= 15 is 0 Å². The van der Waals surface area contributed by atoms with Crippen molar-refractivity contribution in [2.24, 2.45) is 17.8 Å². The maximum Gasteiger partial charge on any atom is 0.310 e. The minimum atomic E-state index is -0.900. The molecule has 1 N–H and O–H groups in total. The fraction of sp³-hybridized carbons (Fsp3) is 0.424. The first-order valence-electron chi connectivity index (χ1n) is 14.4. The van der Waals surface area contributed by atoms with E-state index in [4.69, 9.17) is 16.3 Å². The first-order valence-corrected chi connectivity index (χ1v) is 15.6. The van der Waals surface area contributed by atoms with E-state index in [0.717, 1.165) is 5.56 Å². The lowest BCUT2D eigenvalue weighted by atomic mass is 9.66. The van der Waals surface area contributed by atoms with Crippen LogP contribution in [0.4, 0.5) is 5.69 Å². The third-order valence-corrected chi connectivity index (χ3v) is 11.2. The Morgan fingerprint density at radius 2 is 1.90 bits per heavy atom. The molecule has 42 heavy (non-hydrogen) atoms. The van der Waals surface area contributed by atoms with Crippen LogP contribution in [0.2, 0.25) is 5.02 Å². The molecule has 2 amide bonds. The molecule has 0 aromatic heterocycles. The highest BCUT2D eigenvalue weighted by Gasteiger charge is 2.77. The molecule has 1 spiro atoms. The minimum absolute atomic E-state index is 0.0236. The molecule has 0 aliphatic carbocycles. The summed E-state index contributed by atoms with van der Waals surface area (Å²) in [4.78, 5) is 46.2. The van der Waals surface area contributed by atoms with Gasteiger partial charge in [0.2, 0.25) is 5.91 Å². The van der Waals surface area contributed by atoms with Crippen LogP contribution in [0.25, 0.3) is 0 Å². The van der Waals surface area contributed by atoms with Crippen LogP contribution in [-0.4, -0.2) is 69.6 Å². The van der Waals surface area contributed by atoms with E-state index in [-0.39, 0.29) is 42.7 Å². The number of ether oxygens (including phenoxy) is 1. The van der Waals surface area contributed by atoms with Crippen LogP contribution >= 0.6 is 23.4 Å². The highest BCUT2D eigenvalue weighted by molar-refractivity contribution is 8.02. The van der Waals surface area contributed by atoms with Crippen molar-refractivity contribution in [1.82, 2.24) is 4.90 Å². The van der Waals surface area contributed by atoms with Gasteiger partial charge in [-0.05, 0) is 55.0 Å². The number of amides is 2.